The first-order chi connectivity index (χ1) is 14.1. The molecule has 30 heavy (non-hydrogen) atoms. The number of Topliss-reactive ketones (excluding diaryl/α,β-unsaturated/α-hetero) is 1. The Balaban J connectivity index is 1.79. The number of ketones is 1. The first-order valence-corrected chi connectivity index (χ1v) is 11.6. The number of benzene rings is 1. The maximum Gasteiger partial charge on any atom is 0.270 e. The van der Waals surface area contributed by atoms with Crippen LogP contribution in [0.2, 0.25) is 0 Å². The van der Waals surface area contributed by atoms with E-state index >= 15 is 0 Å². The Morgan fingerprint density at radius 2 is 1.70 bits per heavy atom. The molecule has 0 spiro atoms. The van der Waals surface area contributed by atoms with Crippen molar-refractivity contribution >= 4 is 21.7 Å². The van der Waals surface area contributed by atoms with Crippen molar-refractivity contribution < 1.29 is 18.0 Å². The average Bonchev–Trinajstić information content (AvgIpc) is 3.05. The molecule has 2 aromatic rings. The maximum absolute atomic E-state index is 13.1. The highest BCUT2D eigenvalue weighted by Gasteiger charge is 2.33. The van der Waals surface area contributed by atoms with Crippen LogP contribution < -0.4 is 0 Å². The molecule has 0 bridgehead atoms. The van der Waals surface area contributed by atoms with Crippen LogP contribution in [0.1, 0.15) is 57.1 Å². The molecule has 1 saturated heterocycles. The smallest absolute Gasteiger partial charge is 0.270 e. The van der Waals surface area contributed by atoms with Crippen LogP contribution in [0.15, 0.2) is 23.1 Å². The van der Waals surface area contributed by atoms with Gasteiger partial charge in [-0.2, -0.15) is 4.31 Å². The highest BCUT2D eigenvalue weighted by Crippen LogP contribution is 2.25. The normalized spacial score (nSPS) is 15.4. The van der Waals surface area contributed by atoms with E-state index in [-0.39, 0.29) is 24.8 Å². The predicted octanol–water partition coefficient (Wildman–Crippen LogP) is 2.85. The summed E-state index contributed by atoms with van der Waals surface area (Å²) in [6.07, 6.45) is 0.571. The molecule has 7 nitrogen and oxygen atoms in total. The van der Waals surface area contributed by atoms with Crippen LogP contribution in [0.3, 0.4) is 0 Å². The summed E-state index contributed by atoms with van der Waals surface area (Å²) >= 11 is 0. The molecule has 1 aromatic heterocycles. The van der Waals surface area contributed by atoms with Gasteiger partial charge >= 0.3 is 0 Å². The van der Waals surface area contributed by atoms with E-state index in [1.807, 2.05) is 26.0 Å². The van der Waals surface area contributed by atoms with E-state index in [1.54, 1.807) is 24.8 Å². The number of sulfonamides is 1. The summed E-state index contributed by atoms with van der Waals surface area (Å²) in [6, 6.07) is 5.40. The van der Waals surface area contributed by atoms with Crippen molar-refractivity contribution in [3.8, 4) is 0 Å². The predicted molar refractivity (Wildman–Crippen MR) is 115 cm³/mol. The first-order valence-electron chi connectivity index (χ1n) is 10.2. The number of aryl methyl sites for hydroxylation is 3. The SMILES string of the molecule is CCc1c(C(=O)N2CCN(S(=O)(=O)c3cc(C)ccc3C)CC2)[nH]c(C)c1C(C)=O. The second kappa shape index (κ2) is 8.35. The van der Waals surface area contributed by atoms with Crippen LogP contribution in [-0.4, -0.2) is 60.5 Å². The number of hydrogen-bond acceptors (Lipinski definition) is 4. The van der Waals surface area contributed by atoms with Crippen molar-refractivity contribution in [1.29, 1.82) is 0 Å². The highest BCUT2D eigenvalue weighted by atomic mass is 32.2. The Bertz CT molecular complexity index is 1090. The largest absolute Gasteiger partial charge is 0.354 e. The van der Waals surface area contributed by atoms with Gasteiger partial charge < -0.3 is 9.88 Å². The zero-order valence-electron chi connectivity index (χ0n) is 18.2. The van der Waals surface area contributed by atoms with Gasteiger partial charge in [0.2, 0.25) is 10.0 Å². The van der Waals surface area contributed by atoms with E-state index in [4.69, 9.17) is 0 Å². The monoisotopic (exact) mass is 431 g/mol. The second-order valence-electron chi connectivity index (χ2n) is 7.85. The van der Waals surface area contributed by atoms with Gasteiger partial charge in [0.25, 0.3) is 5.91 Å². The Kier molecular flexibility index (Phi) is 6.19. The van der Waals surface area contributed by atoms with Crippen molar-refractivity contribution in [3.05, 3.63) is 51.8 Å². The summed E-state index contributed by atoms with van der Waals surface area (Å²) in [5.41, 5.74) is 4.05. The minimum absolute atomic E-state index is 0.0657. The van der Waals surface area contributed by atoms with Gasteiger partial charge in [0, 0.05) is 37.4 Å². The van der Waals surface area contributed by atoms with E-state index < -0.39 is 10.0 Å². The van der Waals surface area contributed by atoms with E-state index in [2.05, 4.69) is 4.98 Å². The molecule has 162 valence electrons. The molecule has 1 amide bonds. The zero-order valence-corrected chi connectivity index (χ0v) is 19.0. The van der Waals surface area contributed by atoms with Crippen molar-refractivity contribution in [2.75, 3.05) is 26.2 Å². The van der Waals surface area contributed by atoms with E-state index in [9.17, 15) is 18.0 Å². The molecule has 2 heterocycles. The number of piperazine rings is 1. The molecule has 0 aliphatic carbocycles. The Labute approximate surface area is 178 Å². The van der Waals surface area contributed by atoms with Gasteiger partial charge in [0.15, 0.2) is 5.78 Å². The first kappa shape index (κ1) is 22.2. The lowest BCUT2D eigenvalue weighted by Gasteiger charge is -2.34. The summed E-state index contributed by atoms with van der Waals surface area (Å²) in [6.45, 7) is 9.96. The lowest BCUT2D eigenvalue weighted by Crippen LogP contribution is -2.50. The van der Waals surface area contributed by atoms with Crippen LogP contribution in [-0.2, 0) is 16.4 Å². The average molecular weight is 432 g/mol. The number of carbonyl (C=O) groups is 2. The number of nitrogens with zero attached hydrogens (tertiary/aromatic N) is 2. The Morgan fingerprint density at radius 3 is 2.27 bits per heavy atom. The summed E-state index contributed by atoms with van der Waals surface area (Å²) in [7, 11) is -3.61. The van der Waals surface area contributed by atoms with Gasteiger partial charge in [-0.15, -0.1) is 0 Å². The fourth-order valence-electron chi connectivity index (χ4n) is 4.10. The minimum atomic E-state index is -3.61. The lowest BCUT2D eigenvalue weighted by molar-refractivity contribution is 0.0691. The van der Waals surface area contributed by atoms with Crippen LogP contribution in [0, 0.1) is 20.8 Å². The molecule has 0 atom stereocenters. The van der Waals surface area contributed by atoms with E-state index in [1.165, 1.54) is 11.2 Å². The van der Waals surface area contributed by atoms with Crippen LogP contribution in [0.25, 0.3) is 0 Å². The van der Waals surface area contributed by atoms with Crippen LogP contribution in [0.5, 0.6) is 0 Å². The summed E-state index contributed by atoms with van der Waals surface area (Å²) in [5.74, 6) is -0.254. The number of nitrogens with one attached hydrogen (secondary N) is 1. The maximum atomic E-state index is 13.1. The van der Waals surface area contributed by atoms with Crippen molar-refractivity contribution in [3.63, 3.8) is 0 Å². The molecule has 3 rings (SSSR count). The third-order valence-electron chi connectivity index (χ3n) is 5.70. The number of H-pyrrole nitrogens is 1. The fourth-order valence-corrected chi connectivity index (χ4v) is 5.84. The lowest BCUT2D eigenvalue weighted by atomic mass is 10.0. The Hall–Kier alpha value is -2.45. The molecule has 1 aliphatic rings. The molecule has 0 saturated carbocycles. The van der Waals surface area contributed by atoms with Gasteiger partial charge in [-0.25, -0.2) is 8.42 Å². The van der Waals surface area contributed by atoms with Crippen LogP contribution >= 0.6 is 0 Å². The third kappa shape index (κ3) is 3.94. The number of rotatable bonds is 5. The molecule has 8 heteroatoms. The minimum Gasteiger partial charge on any atom is -0.354 e. The quantitative estimate of drug-likeness (QED) is 0.737. The molecule has 0 unspecified atom stereocenters. The second-order valence-corrected chi connectivity index (χ2v) is 9.76. The van der Waals surface area contributed by atoms with Crippen molar-refractivity contribution in [2.45, 2.75) is 45.9 Å². The van der Waals surface area contributed by atoms with Gasteiger partial charge in [-0.05, 0) is 56.9 Å². The summed E-state index contributed by atoms with van der Waals surface area (Å²) in [4.78, 5) is 30.1. The van der Waals surface area contributed by atoms with Crippen LogP contribution in [0.4, 0.5) is 0 Å². The number of aromatic nitrogens is 1. The molecule has 1 aromatic carbocycles. The van der Waals surface area contributed by atoms with Crippen molar-refractivity contribution in [1.82, 2.24) is 14.2 Å². The molecular formula is C22H29N3O4S. The van der Waals surface area contributed by atoms with Gasteiger partial charge in [0.1, 0.15) is 5.69 Å². The Morgan fingerprint density at radius 1 is 1.07 bits per heavy atom. The number of carbonyl (C=O) groups excluding carboxylic acids is 2. The summed E-state index contributed by atoms with van der Waals surface area (Å²) < 4.78 is 27.7. The standard InChI is InChI=1S/C22H29N3O4S/c1-6-18-20(17(5)26)16(4)23-21(18)22(27)24-9-11-25(12-10-24)30(28,29)19-13-14(2)7-8-15(19)3/h7-8,13,23H,6,9-12H2,1-5H3. The van der Waals surface area contributed by atoms with Gasteiger partial charge in [-0.1, -0.05) is 19.1 Å². The summed E-state index contributed by atoms with van der Waals surface area (Å²) in [5, 5.41) is 0. The molecule has 0 radical (unpaired) electrons. The number of hydrogen-bond donors (Lipinski definition) is 1. The molecule has 1 fully saturated rings. The van der Waals surface area contributed by atoms with Gasteiger partial charge in [0.05, 0.1) is 4.90 Å². The topological polar surface area (TPSA) is 90.6 Å². The molecular weight excluding hydrogens is 402 g/mol. The highest BCUT2D eigenvalue weighted by molar-refractivity contribution is 7.89. The zero-order chi connectivity index (χ0) is 22.2. The molecule has 1 aliphatic heterocycles. The van der Waals surface area contributed by atoms with Gasteiger partial charge in [-0.3, -0.25) is 9.59 Å². The third-order valence-corrected chi connectivity index (χ3v) is 7.74. The molecule has 1 N–H and O–H groups in total. The number of aromatic amines is 1. The number of amides is 1. The van der Waals surface area contributed by atoms with E-state index in [0.29, 0.717) is 46.9 Å². The fraction of sp³-hybridized carbons (Fsp3) is 0.455. The van der Waals surface area contributed by atoms with E-state index in [0.717, 1.165) is 11.1 Å². The van der Waals surface area contributed by atoms with Crippen molar-refractivity contribution in [2.24, 2.45) is 0 Å².